The number of nitrogens with zero attached hydrogens (tertiary/aromatic N) is 2. The van der Waals surface area contributed by atoms with Gasteiger partial charge in [-0.2, -0.15) is 0 Å². The SMILES string of the molecule is COC(=O)c1ccc(-c2cc3nccc(-c4ccnc(C(C)(C)O)c4)c3o2)cc1. The molecule has 3 heterocycles. The van der Waals surface area contributed by atoms with Crippen molar-refractivity contribution in [3.8, 4) is 22.5 Å². The molecule has 6 heteroatoms. The van der Waals surface area contributed by atoms with Crippen LogP contribution in [0, 0.1) is 0 Å². The number of esters is 1. The van der Waals surface area contributed by atoms with Gasteiger partial charge < -0.3 is 14.3 Å². The average molecular weight is 388 g/mol. The summed E-state index contributed by atoms with van der Waals surface area (Å²) in [5.74, 6) is 0.263. The molecule has 4 rings (SSSR count). The number of carbonyl (C=O) groups is 1. The molecule has 6 nitrogen and oxygen atoms in total. The van der Waals surface area contributed by atoms with E-state index in [1.165, 1.54) is 7.11 Å². The van der Waals surface area contributed by atoms with Gasteiger partial charge in [0.05, 0.1) is 18.4 Å². The van der Waals surface area contributed by atoms with E-state index in [4.69, 9.17) is 9.15 Å². The first-order valence-corrected chi connectivity index (χ1v) is 9.13. The normalized spacial score (nSPS) is 11.6. The number of aliphatic hydroxyl groups is 1. The molecule has 0 fully saturated rings. The molecule has 0 spiro atoms. The van der Waals surface area contributed by atoms with E-state index >= 15 is 0 Å². The van der Waals surface area contributed by atoms with Crippen molar-refractivity contribution in [1.29, 1.82) is 0 Å². The minimum Gasteiger partial charge on any atom is -0.465 e. The first-order chi connectivity index (χ1) is 13.9. The lowest BCUT2D eigenvalue weighted by Crippen LogP contribution is -2.17. The van der Waals surface area contributed by atoms with Crippen LogP contribution < -0.4 is 0 Å². The van der Waals surface area contributed by atoms with Gasteiger partial charge >= 0.3 is 5.97 Å². The Morgan fingerprint density at radius 3 is 2.41 bits per heavy atom. The summed E-state index contributed by atoms with van der Waals surface area (Å²) in [5.41, 5.74) is 3.94. The Morgan fingerprint density at radius 2 is 1.72 bits per heavy atom. The van der Waals surface area contributed by atoms with Gasteiger partial charge in [-0.1, -0.05) is 12.1 Å². The maximum atomic E-state index is 11.6. The van der Waals surface area contributed by atoms with E-state index in [2.05, 4.69) is 9.97 Å². The van der Waals surface area contributed by atoms with Gasteiger partial charge in [0.15, 0.2) is 5.58 Å². The summed E-state index contributed by atoms with van der Waals surface area (Å²) in [6.45, 7) is 3.40. The highest BCUT2D eigenvalue weighted by Gasteiger charge is 2.19. The van der Waals surface area contributed by atoms with Crippen molar-refractivity contribution in [2.45, 2.75) is 19.4 Å². The Morgan fingerprint density at radius 1 is 1.00 bits per heavy atom. The molecule has 0 amide bonds. The molecule has 0 saturated heterocycles. The summed E-state index contributed by atoms with van der Waals surface area (Å²) in [7, 11) is 1.35. The summed E-state index contributed by atoms with van der Waals surface area (Å²) < 4.78 is 10.9. The maximum absolute atomic E-state index is 11.6. The van der Waals surface area contributed by atoms with Gasteiger partial charge in [0.1, 0.15) is 16.9 Å². The third kappa shape index (κ3) is 3.62. The molecule has 0 saturated carbocycles. The predicted octanol–water partition coefficient (Wildman–Crippen LogP) is 4.57. The third-order valence-corrected chi connectivity index (χ3v) is 4.70. The Bertz CT molecular complexity index is 1190. The van der Waals surface area contributed by atoms with Crippen molar-refractivity contribution in [2.75, 3.05) is 7.11 Å². The minimum absolute atomic E-state index is 0.384. The molecular weight excluding hydrogens is 368 g/mol. The monoisotopic (exact) mass is 388 g/mol. The van der Waals surface area contributed by atoms with Crippen molar-refractivity contribution < 1.29 is 19.1 Å². The number of ether oxygens (including phenoxy) is 1. The maximum Gasteiger partial charge on any atom is 0.337 e. The van der Waals surface area contributed by atoms with Gasteiger partial charge in [0.2, 0.25) is 0 Å². The average Bonchev–Trinajstić information content (AvgIpc) is 3.17. The number of methoxy groups -OCH3 is 1. The van der Waals surface area contributed by atoms with E-state index in [1.807, 2.05) is 36.4 Å². The van der Waals surface area contributed by atoms with Gasteiger partial charge in [-0.15, -0.1) is 0 Å². The van der Waals surface area contributed by atoms with Crippen LogP contribution in [0.1, 0.15) is 29.9 Å². The molecule has 146 valence electrons. The lowest BCUT2D eigenvalue weighted by Gasteiger charge is -2.17. The van der Waals surface area contributed by atoms with Crippen LogP contribution in [0.2, 0.25) is 0 Å². The number of carbonyl (C=O) groups excluding carboxylic acids is 1. The van der Waals surface area contributed by atoms with E-state index in [-0.39, 0.29) is 5.97 Å². The van der Waals surface area contributed by atoms with Crippen LogP contribution in [0.15, 0.2) is 65.3 Å². The van der Waals surface area contributed by atoms with Gasteiger partial charge in [0, 0.05) is 29.6 Å². The molecule has 0 aliphatic heterocycles. The first-order valence-electron chi connectivity index (χ1n) is 9.13. The topological polar surface area (TPSA) is 85.5 Å². The van der Waals surface area contributed by atoms with Crippen LogP contribution in [0.3, 0.4) is 0 Å². The second-order valence-electron chi connectivity index (χ2n) is 7.24. The smallest absolute Gasteiger partial charge is 0.337 e. The van der Waals surface area contributed by atoms with Crippen LogP contribution in [-0.2, 0) is 10.3 Å². The zero-order valence-electron chi connectivity index (χ0n) is 16.3. The molecule has 0 aliphatic carbocycles. The Kier molecular flexibility index (Phi) is 4.64. The van der Waals surface area contributed by atoms with Crippen molar-refractivity contribution in [2.24, 2.45) is 0 Å². The number of aromatic nitrogens is 2. The van der Waals surface area contributed by atoms with Crippen molar-refractivity contribution >= 4 is 17.1 Å². The zero-order valence-corrected chi connectivity index (χ0v) is 16.3. The van der Waals surface area contributed by atoms with Crippen molar-refractivity contribution in [3.63, 3.8) is 0 Å². The summed E-state index contributed by atoms with van der Waals surface area (Å²) in [6, 6.07) is 14.5. The number of fused-ring (bicyclic) bond motifs is 1. The zero-order chi connectivity index (χ0) is 20.6. The van der Waals surface area contributed by atoms with E-state index in [0.29, 0.717) is 22.6 Å². The Balaban J connectivity index is 1.78. The highest BCUT2D eigenvalue weighted by molar-refractivity contribution is 5.93. The molecule has 3 aromatic heterocycles. The number of hydrogen-bond donors (Lipinski definition) is 1. The van der Waals surface area contributed by atoms with Crippen LogP contribution in [-0.4, -0.2) is 28.2 Å². The second kappa shape index (κ2) is 7.14. The fourth-order valence-corrected chi connectivity index (χ4v) is 3.13. The van der Waals surface area contributed by atoms with Crippen LogP contribution >= 0.6 is 0 Å². The lowest BCUT2D eigenvalue weighted by atomic mass is 10.00. The number of rotatable bonds is 4. The van der Waals surface area contributed by atoms with E-state index in [9.17, 15) is 9.90 Å². The van der Waals surface area contributed by atoms with Crippen molar-refractivity contribution in [3.05, 3.63) is 72.2 Å². The number of furan rings is 1. The summed E-state index contributed by atoms with van der Waals surface area (Å²) in [5, 5.41) is 10.3. The lowest BCUT2D eigenvalue weighted by molar-refractivity contribution is 0.0600. The van der Waals surface area contributed by atoms with Gasteiger partial charge in [-0.25, -0.2) is 4.79 Å². The predicted molar refractivity (Wildman–Crippen MR) is 109 cm³/mol. The number of pyridine rings is 2. The summed E-state index contributed by atoms with van der Waals surface area (Å²) in [4.78, 5) is 20.3. The molecule has 4 aromatic rings. The van der Waals surface area contributed by atoms with E-state index < -0.39 is 5.60 Å². The molecule has 0 atom stereocenters. The van der Waals surface area contributed by atoms with Gasteiger partial charge in [0.25, 0.3) is 0 Å². The summed E-state index contributed by atoms with van der Waals surface area (Å²) in [6.07, 6.45) is 3.39. The quantitative estimate of drug-likeness (QED) is 0.516. The molecular formula is C23H20N2O4. The summed E-state index contributed by atoms with van der Waals surface area (Å²) >= 11 is 0. The van der Waals surface area contributed by atoms with Crippen LogP contribution in [0.5, 0.6) is 0 Å². The van der Waals surface area contributed by atoms with Crippen LogP contribution in [0.25, 0.3) is 33.6 Å². The number of benzene rings is 1. The molecule has 0 radical (unpaired) electrons. The molecule has 0 unspecified atom stereocenters. The van der Waals surface area contributed by atoms with Crippen molar-refractivity contribution in [1.82, 2.24) is 9.97 Å². The molecule has 0 aliphatic rings. The highest BCUT2D eigenvalue weighted by atomic mass is 16.5. The van der Waals surface area contributed by atoms with E-state index in [1.54, 1.807) is 38.4 Å². The van der Waals surface area contributed by atoms with E-state index in [0.717, 1.165) is 22.2 Å². The second-order valence-corrected chi connectivity index (χ2v) is 7.24. The molecule has 0 bridgehead atoms. The third-order valence-electron chi connectivity index (χ3n) is 4.70. The largest absolute Gasteiger partial charge is 0.465 e. The highest BCUT2D eigenvalue weighted by Crippen LogP contribution is 2.34. The number of hydrogen-bond acceptors (Lipinski definition) is 6. The molecule has 29 heavy (non-hydrogen) atoms. The first kappa shape index (κ1) is 18.8. The molecule has 1 aromatic carbocycles. The van der Waals surface area contributed by atoms with Crippen LogP contribution in [0.4, 0.5) is 0 Å². The standard InChI is InChI=1S/C23H20N2O4/c1-23(2,27)20-12-16(8-10-25-20)17-9-11-24-18-13-19(29-21(17)18)14-4-6-15(7-5-14)22(26)28-3/h4-13,27H,1-3H3. The Labute approximate surface area is 167 Å². The minimum atomic E-state index is -1.04. The molecule has 1 N–H and O–H groups in total. The van der Waals surface area contributed by atoms with Gasteiger partial charge in [-0.05, 0) is 49.7 Å². The fourth-order valence-electron chi connectivity index (χ4n) is 3.13. The Hall–Kier alpha value is -3.51. The van der Waals surface area contributed by atoms with Gasteiger partial charge in [-0.3, -0.25) is 9.97 Å². The fraction of sp³-hybridized carbons (Fsp3) is 0.174.